The highest BCUT2D eigenvalue weighted by Gasteiger charge is 2.22. The zero-order valence-electron chi connectivity index (χ0n) is 17.9. The maximum Gasteiger partial charge on any atom is 0.345 e. The lowest BCUT2D eigenvalue weighted by Gasteiger charge is -2.07. The third-order valence-corrected chi connectivity index (χ3v) is 3.08. The summed E-state index contributed by atoms with van der Waals surface area (Å²) in [6, 6.07) is 0. The molecular formula is C19H29NO8. The van der Waals surface area contributed by atoms with Gasteiger partial charge in [0.15, 0.2) is 0 Å². The van der Waals surface area contributed by atoms with Gasteiger partial charge in [-0.3, -0.25) is 0 Å². The van der Waals surface area contributed by atoms with E-state index in [1.165, 1.54) is 28.4 Å². The van der Waals surface area contributed by atoms with Gasteiger partial charge >= 0.3 is 23.9 Å². The van der Waals surface area contributed by atoms with Crippen LogP contribution in [0.4, 0.5) is 0 Å². The Morgan fingerprint density at radius 1 is 0.643 bits per heavy atom. The smallest absolute Gasteiger partial charge is 0.345 e. The summed E-state index contributed by atoms with van der Waals surface area (Å²) in [6.45, 7) is 4.93. The normalized spacial score (nSPS) is 9.32. The van der Waals surface area contributed by atoms with E-state index in [1.807, 2.05) is 14.1 Å². The molecule has 0 aromatic heterocycles. The molecule has 28 heavy (non-hydrogen) atoms. The zero-order valence-corrected chi connectivity index (χ0v) is 17.9. The highest BCUT2D eigenvalue weighted by molar-refractivity contribution is 6.15. The van der Waals surface area contributed by atoms with E-state index in [4.69, 9.17) is 0 Å². The minimum absolute atomic E-state index is 0.0417. The maximum absolute atomic E-state index is 11.4. The summed E-state index contributed by atoms with van der Waals surface area (Å²) < 4.78 is 17.8. The minimum atomic E-state index is -0.701. The van der Waals surface area contributed by atoms with Crippen LogP contribution in [0.2, 0.25) is 0 Å². The third-order valence-electron chi connectivity index (χ3n) is 3.08. The van der Waals surface area contributed by atoms with Crippen molar-refractivity contribution < 1.29 is 38.1 Å². The summed E-state index contributed by atoms with van der Waals surface area (Å²) in [4.78, 5) is 46.5. The summed E-state index contributed by atoms with van der Waals surface area (Å²) in [5.41, 5.74) is 0.934. The molecule has 0 aromatic rings. The lowest BCUT2D eigenvalue weighted by molar-refractivity contribution is -0.145. The molecule has 0 heterocycles. The minimum Gasteiger partial charge on any atom is -0.465 e. The van der Waals surface area contributed by atoms with Gasteiger partial charge in [-0.25, -0.2) is 19.2 Å². The maximum atomic E-state index is 11.4. The molecule has 0 rings (SSSR count). The molecule has 9 nitrogen and oxygen atoms in total. The third kappa shape index (κ3) is 9.56. The van der Waals surface area contributed by atoms with E-state index in [0.717, 1.165) is 0 Å². The van der Waals surface area contributed by atoms with Gasteiger partial charge in [-0.15, -0.1) is 0 Å². The monoisotopic (exact) mass is 399 g/mol. The highest BCUT2D eigenvalue weighted by Crippen LogP contribution is 2.10. The largest absolute Gasteiger partial charge is 0.465 e. The molecule has 0 atom stereocenters. The van der Waals surface area contributed by atoms with Gasteiger partial charge in [-0.1, -0.05) is 5.57 Å². The molecule has 0 aliphatic rings. The van der Waals surface area contributed by atoms with Crippen molar-refractivity contribution in [3.63, 3.8) is 0 Å². The average molecular weight is 399 g/mol. The van der Waals surface area contributed by atoms with Crippen LogP contribution in [0.1, 0.15) is 20.8 Å². The molecule has 0 unspecified atom stereocenters. The van der Waals surface area contributed by atoms with Gasteiger partial charge in [-0.05, 0) is 38.6 Å². The van der Waals surface area contributed by atoms with E-state index in [0.29, 0.717) is 11.1 Å². The van der Waals surface area contributed by atoms with Crippen molar-refractivity contribution >= 4 is 23.9 Å². The van der Waals surface area contributed by atoms with Gasteiger partial charge in [0, 0.05) is 14.1 Å². The standard InChI is InChI=1S/C11H17NO4.C8H12O4/c1-8(6-7-12(2)3)9(10(13)15-4)11(14)16-5;1-5(2)6(7(9)11-3)8(10)12-4/h6-7H,1-5H3;1-4H3/b7-6+;. The lowest BCUT2D eigenvalue weighted by Crippen LogP contribution is -2.17. The number of hydrogen-bond donors (Lipinski definition) is 0. The first-order valence-electron chi connectivity index (χ1n) is 8.04. The second kappa shape index (κ2) is 14.0. The summed E-state index contributed by atoms with van der Waals surface area (Å²) in [5.74, 6) is -2.73. The van der Waals surface area contributed by atoms with Crippen molar-refractivity contribution in [2.75, 3.05) is 42.5 Å². The Hall–Kier alpha value is -3.10. The van der Waals surface area contributed by atoms with Crippen LogP contribution in [0.25, 0.3) is 0 Å². The molecule has 0 bridgehead atoms. The number of carbonyl (C=O) groups excluding carboxylic acids is 4. The summed E-state index contributed by atoms with van der Waals surface area (Å²) in [5, 5.41) is 0. The SMILES string of the molecule is COC(=O)C(C(=O)OC)=C(C)/C=C/N(C)C.COC(=O)C(C(=O)OC)=C(C)C. The molecule has 0 N–H and O–H groups in total. The van der Waals surface area contributed by atoms with Crippen LogP contribution in [-0.2, 0) is 38.1 Å². The van der Waals surface area contributed by atoms with E-state index in [-0.39, 0.29) is 11.1 Å². The van der Waals surface area contributed by atoms with Crippen molar-refractivity contribution in [1.82, 2.24) is 4.90 Å². The Labute approximate surface area is 165 Å². The number of carbonyl (C=O) groups is 4. The van der Waals surface area contributed by atoms with E-state index >= 15 is 0 Å². The molecule has 0 amide bonds. The van der Waals surface area contributed by atoms with E-state index < -0.39 is 23.9 Å². The molecular weight excluding hydrogens is 370 g/mol. The molecule has 0 aliphatic carbocycles. The number of nitrogens with zero attached hydrogens (tertiary/aromatic N) is 1. The average Bonchev–Trinajstić information content (AvgIpc) is 2.65. The van der Waals surface area contributed by atoms with Crippen LogP contribution in [-0.4, -0.2) is 71.3 Å². The first-order chi connectivity index (χ1) is 13.0. The van der Waals surface area contributed by atoms with Crippen molar-refractivity contribution in [3.05, 3.63) is 34.6 Å². The number of esters is 4. The number of rotatable bonds is 6. The molecule has 0 saturated carbocycles. The van der Waals surface area contributed by atoms with E-state index in [9.17, 15) is 19.2 Å². The van der Waals surface area contributed by atoms with Crippen LogP contribution in [0.5, 0.6) is 0 Å². The topological polar surface area (TPSA) is 108 Å². The van der Waals surface area contributed by atoms with Crippen molar-refractivity contribution in [3.8, 4) is 0 Å². The van der Waals surface area contributed by atoms with Gasteiger partial charge in [0.1, 0.15) is 11.1 Å². The lowest BCUT2D eigenvalue weighted by atomic mass is 10.1. The number of methoxy groups -OCH3 is 4. The number of ether oxygens (including phenoxy) is 4. The fourth-order valence-electron chi connectivity index (χ4n) is 1.65. The molecule has 158 valence electrons. The summed E-state index contributed by atoms with van der Waals surface area (Å²) in [7, 11) is 8.53. The quantitative estimate of drug-likeness (QED) is 0.163. The molecule has 0 saturated heterocycles. The first-order valence-corrected chi connectivity index (χ1v) is 8.04. The first kappa shape index (κ1) is 27.1. The van der Waals surface area contributed by atoms with Crippen molar-refractivity contribution in [2.45, 2.75) is 20.8 Å². The van der Waals surface area contributed by atoms with Crippen molar-refractivity contribution in [2.24, 2.45) is 0 Å². The number of allylic oxidation sites excluding steroid dienone is 3. The molecule has 9 heteroatoms. The Balaban J connectivity index is 0. The van der Waals surface area contributed by atoms with E-state index in [2.05, 4.69) is 18.9 Å². The fraction of sp³-hybridized carbons (Fsp3) is 0.474. The molecule has 0 fully saturated rings. The Morgan fingerprint density at radius 2 is 0.964 bits per heavy atom. The predicted molar refractivity (Wildman–Crippen MR) is 102 cm³/mol. The zero-order chi connectivity index (χ0) is 22.4. The van der Waals surface area contributed by atoms with Crippen LogP contribution in [0.15, 0.2) is 34.6 Å². The Bertz CT molecular complexity index is 631. The van der Waals surface area contributed by atoms with Crippen LogP contribution in [0.3, 0.4) is 0 Å². The Kier molecular flexibility index (Phi) is 13.6. The highest BCUT2D eigenvalue weighted by atomic mass is 16.5. The van der Waals surface area contributed by atoms with Gasteiger partial charge in [-0.2, -0.15) is 0 Å². The van der Waals surface area contributed by atoms with Gasteiger partial charge in [0.25, 0.3) is 0 Å². The van der Waals surface area contributed by atoms with Crippen LogP contribution in [0, 0.1) is 0 Å². The molecule has 0 spiro atoms. The van der Waals surface area contributed by atoms with Crippen LogP contribution < -0.4 is 0 Å². The Morgan fingerprint density at radius 3 is 1.21 bits per heavy atom. The van der Waals surface area contributed by atoms with Gasteiger partial charge in [0.05, 0.1) is 28.4 Å². The predicted octanol–water partition coefficient (Wildman–Crippen LogP) is 1.39. The fourth-order valence-corrected chi connectivity index (χ4v) is 1.65. The van der Waals surface area contributed by atoms with Gasteiger partial charge in [0.2, 0.25) is 0 Å². The molecule has 0 aliphatic heterocycles. The number of hydrogen-bond acceptors (Lipinski definition) is 9. The second-order valence-corrected chi connectivity index (χ2v) is 5.68. The van der Waals surface area contributed by atoms with E-state index in [1.54, 1.807) is 37.9 Å². The summed E-state index contributed by atoms with van der Waals surface area (Å²) >= 11 is 0. The molecule has 0 radical (unpaired) electrons. The summed E-state index contributed by atoms with van der Waals surface area (Å²) in [6.07, 6.45) is 3.37. The van der Waals surface area contributed by atoms with Crippen LogP contribution >= 0.6 is 0 Å². The van der Waals surface area contributed by atoms with Gasteiger partial charge < -0.3 is 23.8 Å². The second-order valence-electron chi connectivity index (χ2n) is 5.68. The molecule has 0 aromatic carbocycles. The van der Waals surface area contributed by atoms with Crippen molar-refractivity contribution in [1.29, 1.82) is 0 Å².